The summed E-state index contributed by atoms with van der Waals surface area (Å²) in [6.07, 6.45) is 6.17. The minimum Gasteiger partial charge on any atom is -0.352 e. The predicted molar refractivity (Wildman–Crippen MR) is 57.8 cm³/mol. The van der Waals surface area contributed by atoms with E-state index in [0.717, 1.165) is 6.42 Å². The Morgan fingerprint density at radius 2 is 2.00 bits per heavy atom. The third-order valence-electron chi connectivity index (χ3n) is 3.10. The first-order valence-corrected chi connectivity index (χ1v) is 5.67. The van der Waals surface area contributed by atoms with Crippen LogP contribution >= 0.6 is 0 Å². The summed E-state index contributed by atoms with van der Waals surface area (Å²) >= 11 is 0. The first kappa shape index (κ1) is 11.5. The quantitative estimate of drug-likeness (QED) is 0.659. The van der Waals surface area contributed by atoms with Crippen molar-refractivity contribution in [3.05, 3.63) is 0 Å². The third kappa shape index (κ3) is 3.29. The number of carbonyl (C=O) groups excluding carboxylic acids is 1. The van der Waals surface area contributed by atoms with Crippen LogP contribution in [0.1, 0.15) is 46.0 Å². The van der Waals surface area contributed by atoms with E-state index >= 15 is 0 Å². The molecule has 0 aromatic rings. The molecule has 14 heavy (non-hydrogen) atoms. The molecule has 3 N–H and O–H groups in total. The molecule has 0 aromatic carbocycles. The molecule has 0 radical (unpaired) electrons. The summed E-state index contributed by atoms with van der Waals surface area (Å²) in [5, 5.41) is 3.04. The molecule has 3 unspecified atom stereocenters. The average Bonchev–Trinajstić information content (AvgIpc) is 2.32. The minimum atomic E-state index is -0.384. The van der Waals surface area contributed by atoms with Crippen molar-refractivity contribution in [3.63, 3.8) is 0 Å². The highest BCUT2D eigenvalue weighted by atomic mass is 16.2. The lowest BCUT2D eigenvalue weighted by molar-refractivity contribution is -0.123. The monoisotopic (exact) mass is 198 g/mol. The highest BCUT2D eigenvalue weighted by molar-refractivity contribution is 5.81. The van der Waals surface area contributed by atoms with Gasteiger partial charge in [0.05, 0.1) is 6.04 Å². The molecular weight excluding hydrogens is 176 g/mol. The molecule has 0 heterocycles. The molecule has 3 atom stereocenters. The summed E-state index contributed by atoms with van der Waals surface area (Å²) < 4.78 is 0. The fourth-order valence-corrected chi connectivity index (χ4v) is 2.02. The molecule has 3 nitrogen and oxygen atoms in total. The molecule has 1 saturated carbocycles. The van der Waals surface area contributed by atoms with E-state index in [4.69, 9.17) is 5.73 Å². The van der Waals surface area contributed by atoms with Gasteiger partial charge >= 0.3 is 0 Å². The number of hydrogen-bond acceptors (Lipinski definition) is 2. The zero-order chi connectivity index (χ0) is 10.6. The van der Waals surface area contributed by atoms with Gasteiger partial charge in [0.2, 0.25) is 5.91 Å². The SMILES string of the molecule is CC(N)C(=O)NC1CCCCCC1C. The number of hydrogen-bond donors (Lipinski definition) is 2. The van der Waals surface area contributed by atoms with Crippen LogP contribution in [0, 0.1) is 5.92 Å². The maximum atomic E-state index is 11.4. The van der Waals surface area contributed by atoms with Gasteiger partial charge in [-0.15, -0.1) is 0 Å². The number of carbonyl (C=O) groups is 1. The average molecular weight is 198 g/mol. The van der Waals surface area contributed by atoms with Crippen molar-refractivity contribution in [2.24, 2.45) is 11.7 Å². The molecule has 1 aliphatic rings. The van der Waals surface area contributed by atoms with Crippen LogP contribution < -0.4 is 11.1 Å². The molecule has 0 saturated heterocycles. The van der Waals surface area contributed by atoms with Crippen LogP contribution in [0.2, 0.25) is 0 Å². The summed E-state index contributed by atoms with van der Waals surface area (Å²) in [5.41, 5.74) is 5.53. The molecule has 0 aliphatic heterocycles. The summed E-state index contributed by atoms with van der Waals surface area (Å²) in [6, 6.07) is -0.0403. The largest absolute Gasteiger partial charge is 0.352 e. The molecule has 0 spiro atoms. The van der Waals surface area contributed by atoms with Crippen molar-refractivity contribution in [1.29, 1.82) is 0 Å². The van der Waals surface area contributed by atoms with Gasteiger partial charge in [-0.1, -0.05) is 26.2 Å². The topological polar surface area (TPSA) is 55.1 Å². The Kier molecular flexibility index (Phi) is 4.39. The van der Waals surface area contributed by atoms with E-state index in [1.807, 2.05) is 0 Å². The number of rotatable bonds is 2. The number of nitrogens with one attached hydrogen (secondary N) is 1. The summed E-state index contributed by atoms with van der Waals surface area (Å²) in [6.45, 7) is 3.95. The molecule has 1 aliphatic carbocycles. The molecule has 1 rings (SSSR count). The maximum Gasteiger partial charge on any atom is 0.236 e. The summed E-state index contributed by atoms with van der Waals surface area (Å²) in [4.78, 5) is 11.4. The van der Waals surface area contributed by atoms with Crippen LogP contribution in [-0.2, 0) is 4.79 Å². The van der Waals surface area contributed by atoms with E-state index in [-0.39, 0.29) is 11.9 Å². The second-order valence-electron chi connectivity index (χ2n) is 4.52. The van der Waals surface area contributed by atoms with Gasteiger partial charge in [0, 0.05) is 6.04 Å². The third-order valence-corrected chi connectivity index (χ3v) is 3.10. The van der Waals surface area contributed by atoms with Gasteiger partial charge in [-0.2, -0.15) is 0 Å². The predicted octanol–water partition coefficient (Wildman–Crippen LogP) is 1.42. The van der Waals surface area contributed by atoms with E-state index < -0.39 is 0 Å². The summed E-state index contributed by atoms with van der Waals surface area (Å²) in [5.74, 6) is 0.587. The van der Waals surface area contributed by atoms with Crippen molar-refractivity contribution >= 4 is 5.91 Å². The van der Waals surface area contributed by atoms with E-state index in [0.29, 0.717) is 12.0 Å². The van der Waals surface area contributed by atoms with Crippen molar-refractivity contribution in [3.8, 4) is 0 Å². The minimum absolute atomic E-state index is 0.0104. The molecule has 3 heteroatoms. The lowest BCUT2D eigenvalue weighted by atomic mass is 9.97. The molecule has 1 amide bonds. The van der Waals surface area contributed by atoms with Crippen LogP contribution in [0.4, 0.5) is 0 Å². The lowest BCUT2D eigenvalue weighted by Crippen LogP contribution is -2.46. The Bertz CT molecular complexity index is 192. The Morgan fingerprint density at radius 3 is 2.64 bits per heavy atom. The zero-order valence-corrected chi connectivity index (χ0v) is 9.25. The fraction of sp³-hybridized carbons (Fsp3) is 0.909. The first-order chi connectivity index (χ1) is 6.61. The standard InChI is InChI=1S/C11H22N2O/c1-8-6-4-3-5-7-10(8)13-11(14)9(2)12/h8-10H,3-7,12H2,1-2H3,(H,13,14). The molecule has 0 bridgehead atoms. The normalized spacial score (nSPS) is 30.5. The lowest BCUT2D eigenvalue weighted by Gasteiger charge is -2.23. The van der Waals surface area contributed by atoms with Crippen LogP contribution in [-0.4, -0.2) is 18.0 Å². The number of amides is 1. The highest BCUT2D eigenvalue weighted by Gasteiger charge is 2.22. The molecule has 0 aromatic heterocycles. The Balaban J connectivity index is 2.44. The van der Waals surface area contributed by atoms with Crippen molar-refractivity contribution in [2.75, 3.05) is 0 Å². The second kappa shape index (κ2) is 5.35. The van der Waals surface area contributed by atoms with Gasteiger partial charge in [0.15, 0.2) is 0 Å². The van der Waals surface area contributed by atoms with Gasteiger partial charge in [-0.3, -0.25) is 4.79 Å². The van der Waals surface area contributed by atoms with Crippen LogP contribution in [0.3, 0.4) is 0 Å². The summed E-state index contributed by atoms with van der Waals surface area (Å²) in [7, 11) is 0. The zero-order valence-electron chi connectivity index (χ0n) is 9.25. The Labute approximate surface area is 86.4 Å². The molecule has 82 valence electrons. The second-order valence-corrected chi connectivity index (χ2v) is 4.52. The Morgan fingerprint density at radius 1 is 1.36 bits per heavy atom. The first-order valence-electron chi connectivity index (χ1n) is 5.67. The van der Waals surface area contributed by atoms with Crippen molar-refractivity contribution < 1.29 is 4.79 Å². The number of nitrogens with two attached hydrogens (primary N) is 1. The Hall–Kier alpha value is -0.570. The van der Waals surface area contributed by atoms with Gasteiger partial charge < -0.3 is 11.1 Å². The fourth-order valence-electron chi connectivity index (χ4n) is 2.02. The van der Waals surface area contributed by atoms with E-state index in [1.54, 1.807) is 6.92 Å². The highest BCUT2D eigenvalue weighted by Crippen LogP contribution is 2.22. The molecule has 1 fully saturated rings. The van der Waals surface area contributed by atoms with Gasteiger partial charge in [-0.25, -0.2) is 0 Å². The van der Waals surface area contributed by atoms with Crippen LogP contribution in [0.5, 0.6) is 0 Å². The molecular formula is C11H22N2O. The van der Waals surface area contributed by atoms with Gasteiger partial charge in [-0.05, 0) is 25.7 Å². The van der Waals surface area contributed by atoms with E-state index in [2.05, 4.69) is 12.2 Å². The van der Waals surface area contributed by atoms with E-state index in [9.17, 15) is 4.79 Å². The van der Waals surface area contributed by atoms with Gasteiger partial charge in [0.25, 0.3) is 0 Å². The van der Waals surface area contributed by atoms with Crippen molar-refractivity contribution in [2.45, 2.75) is 58.0 Å². The van der Waals surface area contributed by atoms with E-state index in [1.165, 1.54) is 25.7 Å². The van der Waals surface area contributed by atoms with Gasteiger partial charge in [0.1, 0.15) is 0 Å². The smallest absolute Gasteiger partial charge is 0.236 e. The van der Waals surface area contributed by atoms with Crippen molar-refractivity contribution in [1.82, 2.24) is 5.32 Å². The maximum absolute atomic E-state index is 11.4. The van der Waals surface area contributed by atoms with Crippen LogP contribution in [0.25, 0.3) is 0 Å². The van der Waals surface area contributed by atoms with Crippen LogP contribution in [0.15, 0.2) is 0 Å².